The van der Waals surface area contributed by atoms with E-state index in [0.717, 1.165) is 0 Å². The van der Waals surface area contributed by atoms with Crippen LogP contribution in [0.4, 0.5) is 4.79 Å². The predicted molar refractivity (Wildman–Crippen MR) is 68.6 cm³/mol. The Labute approximate surface area is 112 Å². The normalized spacial score (nSPS) is 22.4. The van der Waals surface area contributed by atoms with Gasteiger partial charge in [0.2, 0.25) is 5.91 Å². The first kappa shape index (κ1) is 15.3. The summed E-state index contributed by atoms with van der Waals surface area (Å²) < 4.78 is 0. The Balaban J connectivity index is 2.16. The molecule has 0 radical (unpaired) electrons. The Morgan fingerprint density at radius 1 is 1.16 bits per heavy atom. The molecule has 3 amide bonds. The third kappa shape index (κ3) is 5.58. The number of urea groups is 1. The van der Waals surface area contributed by atoms with Gasteiger partial charge < -0.3 is 21.1 Å². The Morgan fingerprint density at radius 2 is 1.79 bits per heavy atom. The zero-order valence-corrected chi connectivity index (χ0v) is 11.1. The summed E-state index contributed by atoms with van der Waals surface area (Å²) in [4.78, 5) is 33.3. The lowest BCUT2D eigenvalue weighted by molar-refractivity contribution is -0.142. The number of carboxylic acid groups (broad SMARTS) is 1. The average molecular weight is 271 g/mol. The summed E-state index contributed by atoms with van der Waals surface area (Å²) in [6, 6.07) is -0.279. The SMILES string of the molecule is CNC(=O)CCNC(=O)NC1CCC(C(=O)O)CC1. The molecule has 4 N–H and O–H groups in total. The maximum atomic E-state index is 11.5. The van der Waals surface area contributed by atoms with E-state index < -0.39 is 5.97 Å². The summed E-state index contributed by atoms with van der Waals surface area (Å²) >= 11 is 0. The third-order valence-electron chi connectivity index (χ3n) is 3.33. The van der Waals surface area contributed by atoms with Crippen LogP contribution in [0.15, 0.2) is 0 Å². The predicted octanol–water partition coefficient (Wildman–Crippen LogP) is 0.0651. The lowest BCUT2D eigenvalue weighted by Crippen LogP contribution is -2.44. The second kappa shape index (κ2) is 7.60. The Kier molecular flexibility index (Phi) is 6.11. The number of carbonyl (C=O) groups excluding carboxylic acids is 2. The molecule has 7 nitrogen and oxygen atoms in total. The van der Waals surface area contributed by atoms with Crippen LogP contribution in [0.3, 0.4) is 0 Å². The van der Waals surface area contributed by atoms with Gasteiger partial charge in [-0.15, -0.1) is 0 Å². The Bertz CT molecular complexity index is 338. The topological polar surface area (TPSA) is 108 Å². The van der Waals surface area contributed by atoms with E-state index in [9.17, 15) is 14.4 Å². The summed E-state index contributed by atoms with van der Waals surface area (Å²) in [5.74, 6) is -1.16. The number of amides is 3. The van der Waals surface area contributed by atoms with Gasteiger partial charge in [0.25, 0.3) is 0 Å². The van der Waals surface area contributed by atoms with Crippen LogP contribution in [0.5, 0.6) is 0 Å². The molecule has 1 fully saturated rings. The first-order valence-electron chi connectivity index (χ1n) is 6.50. The minimum Gasteiger partial charge on any atom is -0.481 e. The molecule has 0 heterocycles. The van der Waals surface area contributed by atoms with Crippen molar-refractivity contribution in [1.82, 2.24) is 16.0 Å². The highest BCUT2D eigenvalue weighted by molar-refractivity contribution is 5.78. The number of aliphatic carboxylic acids is 1. The summed E-state index contributed by atoms with van der Waals surface area (Å²) in [6.07, 6.45) is 2.80. The van der Waals surface area contributed by atoms with E-state index >= 15 is 0 Å². The molecule has 0 unspecified atom stereocenters. The zero-order valence-electron chi connectivity index (χ0n) is 11.1. The van der Waals surface area contributed by atoms with Crippen molar-refractivity contribution in [3.63, 3.8) is 0 Å². The summed E-state index contributed by atoms with van der Waals surface area (Å²) in [7, 11) is 1.54. The molecule has 7 heteroatoms. The molecule has 0 bridgehead atoms. The molecule has 1 rings (SSSR count). The van der Waals surface area contributed by atoms with Gasteiger partial charge in [0.05, 0.1) is 5.92 Å². The van der Waals surface area contributed by atoms with Crippen molar-refractivity contribution in [2.75, 3.05) is 13.6 Å². The molecular weight excluding hydrogens is 250 g/mol. The van der Waals surface area contributed by atoms with Crippen LogP contribution >= 0.6 is 0 Å². The molecule has 108 valence electrons. The van der Waals surface area contributed by atoms with E-state index in [0.29, 0.717) is 25.7 Å². The first-order chi connectivity index (χ1) is 9.02. The lowest BCUT2D eigenvalue weighted by Gasteiger charge is -2.26. The molecule has 0 saturated heterocycles. The van der Waals surface area contributed by atoms with Gasteiger partial charge >= 0.3 is 12.0 Å². The van der Waals surface area contributed by atoms with Crippen LogP contribution in [0.25, 0.3) is 0 Å². The van der Waals surface area contributed by atoms with Gasteiger partial charge in [0.1, 0.15) is 0 Å². The second-order valence-electron chi connectivity index (χ2n) is 4.71. The molecule has 0 aliphatic heterocycles. The standard InChI is InChI=1S/C12H21N3O4/c1-13-10(16)6-7-14-12(19)15-9-4-2-8(3-5-9)11(17)18/h8-9H,2-7H2,1H3,(H,13,16)(H,17,18)(H2,14,15,19). The summed E-state index contributed by atoms with van der Waals surface area (Å²) in [5, 5.41) is 16.7. The average Bonchev–Trinajstić information content (AvgIpc) is 2.39. The van der Waals surface area contributed by atoms with Gasteiger partial charge in [0.15, 0.2) is 0 Å². The highest BCUT2D eigenvalue weighted by atomic mass is 16.4. The van der Waals surface area contributed by atoms with Gasteiger partial charge in [-0.2, -0.15) is 0 Å². The minimum atomic E-state index is -0.756. The monoisotopic (exact) mass is 271 g/mol. The van der Waals surface area contributed by atoms with Crippen LogP contribution < -0.4 is 16.0 Å². The second-order valence-corrected chi connectivity index (χ2v) is 4.71. The molecule has 19 heavy (non-hydrogen) atoms. The maximum Gasteiger partial charge on any atom is 0.315 e. The van der Waals surface area contributed by atoms with Crippen molar-refractivity contribution in [2.45, 2.75) is 38.1 Å². The summed E-state index contributed by atoms with van der Waals surface area (Å²) in [6.45, 7) is 0.288. The quantitative estimate of drug-likeness (QED) is 0.567. The van der Waals surface area contributed by atoms with E-state index in [1.165, 1.54) is 0 Å². The Hall–Kier alpha value is -1.79. The van der Waals surface area contributed by atoms with Crippen molar-refractivity contribution in [1.29, 1.82) is 0 Å². The smallest absolute Gasteiger partial charge is 0.315 e. The van der Waals surface area contributed by atoms with Gasteiger partial charge in [0, 0.05) is 26.1 Å². The number of rotatable bonds is 5. The van der Waals surface area contributed by atoms with E-state index in [1.807, 2.05) is 0 Å². The van der Waals surface area contributed by atoms with Crippen molar-refractivity contribution < 1.29 is 19.5 Å². The van der Waals surface area contributed by atoms with Crippen LogP contribution in [-0.2, 0) is 9.59 Å². The van der Waals surface area contributed by atoms with Crippen molar-refractivity contribution in [3.05, 3.63) is 0 Å². The van der Waals surface area contributed by atoms with Gasteiger partial charge in [-0.1, -0.05) is 0 Å². The van der Waals surface area contributed by atoms with Crippen LogP contribution in [0.1, 0.15) is 32.1 Å². The third-order valence-corrected chi connectivity index (χ3v) is 3.33. The molecular formula is C12H21N3O4. The molecule has 1 aliphatic carbocycles. The number of nitrogens with one attached hydrogen (secondary N) is 3. The highest BCUT2D eigenvalue weighted by Crippen LogP contribution is 2.24. The number of hydrogen-bond donors (Lipinski definition) is 4. The first-order valence-corrected chi connectivity index (χ1v) is 6.50. The number of carbonyl (C=O) groups is 3. The molecule has 0 aromatic rings. The minimum absolute atomic E-state index is 0.0237. The van der Waals surface area contributed by atoms with Crippen LogP contribution in [0.2, 0.25) is 0 Å². The fourth-order valence-electron chi connectivity index (χ4n) is 2.14. The molecule has 0 aromatic carbocycles. The zero-order chi connectivity index (χ0) is 14.3. The van der Waals surface area contributed by atoms with Crippen molar-refractivity contribution >= 4 is 17.9 Å². The van der Waals surface area contributed by atoms with Crippen LogP contribution in [0, 0.1) is 5.92 Å². The molecule has 0 spiro atoms. The van der Waals surface area contributed by atoms with Gasteiger partial charge in [-0.05, 0) is 25.7 Å². The van der Waals surface area contributed by atoms with Gasteiger partial charge in [-0.3, -0.25) is 9.59 Å². The fraction of sp³-hybridized carbons (Fsp3) is 0.750. The van der Waals surface area contributed by atoms with Gasteiger partial charge in [-0.25, -0.2) is 4.79 Å². The Morgan fingerprint density at radius 3 is 2.32 bits per heavy atom. The van der Waals surface area contributed by atoms with E-state index in [2.05, 4.69) is 16.0 Å². The number of carboxylic acids is 1. The fourth-order valence-corrected chi connectivity index (χ4v) is 2.14. The maximum absolute atomic E-state index is 11.5. The van der Waals surface area contributed by atoms with E-state index in [1.54, 1.807) is 7.05 Å². The summed E-state index contributed by atoms with van der Waals surface area (Å²) in [5.41, 5.74) is 0. The van der Waals surface area contributed by atoms with Crippen LogP contribution in [-0.4, -0.2) is 42.6 Å². The van der Waals surface area contributed by atoms with E-state index in [-0.39, 0.29) is 36.9 Å². The largest absolute Gasteiger partial charge is 0.481 e. The molecule has 0 atom stereocenters. The van der Waals surface area contributed by atoms with Crippen molar-refractivity contribution in [3.8, 4) is 0 Å². The molecule has 1 saturated carbocycles. The number of hydrogen-bond acceptors (Lipinski definition) is 3. The van der Waals surface area contributed by atoms with Crippen molar-refractivity contribution in [2.24, 2.45) is 5.92 Å². The lowest BCUT2D eigenvalue weighted by atomic mass is 9.86. The van der Waals surface area contributed by atoms with E-state index in [4.69, 9.17) is 5.11 Å². The molecule has 0 aromatic heterocycles. The molecule has 1 aliphatic rings. The highest BCUT2D eigenvalue weighted by Gasteiger charge is 2.26.